The normalized spacial score (nSPS) is 19.5. The van der Waals surface area contributed by atoms with Crippen LogP contribution in [0.4, 0.5) is 14.7 Å². The molecule has 2 atom stereocenters. The summed E-state index contributed by atoms with van der Waals surface area (Å²) < 4.78 is 45.3. The van der Waals surface area contributed by atoms with Crippen molar-refractivity contribution in [1.29, 1.82) is 0 Å². The first-order valence-corrected chi connectivity index (χ1v) is 19.0. The highest BCUT2D eigenvalue weighted by Crippen LogP contribution is 2.43. The number of urea groups is 1. The number of thiazole rings is 1. The van der Waals surface area contributed by atoms with E-state index in [2.05, 4.69) is 26.1 Å². The minimum atomic E-state index is -5.06. The molecule has 0 bridgehead atoms. The molecule has 3 aliphatic rings. The Hall–Kier alpha value is -5.60. The number of carbonyl (C=O) groups is 5. The summed E-state index contributed by atoms with van der Waals surface area (Å²) in [6.07, 6.45) is -1.24. The number of β-lactam (4-membered cyclic amide) rings is 1. The van der Waals surface area contributed by atoms with Crippen LogP contribution in [0.25, 0.3) is 0 Å². The van der Waals surface area contributed by atoms with Crippen molar-refractivity contribution in [3.8, 4) is 0 Å². The molecule has 4 N–H and O–H groups in total. The molecule has 0 unspecified atom stereocenters. The molecule has 2 aliphatic heterocycles. The molecule has 2 aromatic carbocycles. The highest BCUT2D eigenvalue weighted by Gasteiger charge is 2.57. The van der Waals surface area contributed by atoms with Gasteiger partial charge < -0.3 is 29.8 Å². The van der Waals surface area contributed by atoms with E-state index in [0.717, 1.165) is 11.3 Å². The first kappa shape index (κ1) is 38.1. The molecule has 1 saturated carbocycles. The van der Waals surface area contributed by atoms with Crippen molar-refractivity contribution in [2.75, 3.05) is 25.0 Å². The molecule has 5 amide bonds. The number of amides is 5. The van der Waals surface area contributed by atoms with E-state index in [1.807, 2.05) is 60.7 Å². The van der Waals surface area contributed by atoms with Gasteiger partial charge in [0.15, 0.2) is 16.9 Å². The third-order valence-corrected chi connectivity index (χ3v) is 10.1. The number of nitrogens with zero attached hydrogens (tertiary/aromatic N) is 4. The van der Waals surface area contributed by atoms with Crippen LogP contribution in [0.1, 0.15) is 56.5 Å². The average molecular weight is 784 g/mol. The van der Waals surface area contributed by atoms with Gasteiger partial charge in [-0.15, -0.1) is 11.3 Å². The standard InChI is InChI=1S/C34H37N7O11S2/c1-33(2,3)51-32(46)38-30-36-22(19-53-30)24(27(42)37-25-23(18-40-17-16-35-31(40)45)41(28(25)43)54(47,48)49)39-52-34(14-15-34)29(44)50-26(20-10-6-4-7-11-20)21-12-8-5-9-13-21/h4-13,19,23,25-26H,14-18H2,1-3H3,(H,35,45)(H,37,42)(H,36,38,46)(H,47,48,49)/b39-24-/t23-,25+/m1/s1. The van der Waals surface area contributed by atoms with Crippen molar-refractivity contribution in [3.05, 3.63) is 82.9 Å². The highest BCUT2D eigenvalue weighted by molar-refractivity contribution is 7.84. The lowest BCUT2D eigenvalue weighted by Gasteiger charge is -2.45. The molecular weight excluding hydrogens is 747 g/mol. The maximum absolute atomic E-state index is 13.9. The molecule has 1 aliphatic carbocycles. The second-order valence-electron chi connectivity index (χ2n) is 13.6. The third kappa shape index (κ3) is 8.61. The Bertz CT molecular complexity index is 2030. The number of nitrogens with one attached hydrogen (secondary N) is 3. The van der Waals surface area contributed by atoms with Gasteiger partial charge in [0.25, 0.3) is 11.8 Å². The molecule has 0 radical (unpaired) electrons. The molecular formula is C34H37N7O11S2. The fourth-order valence-corrected chi connectivity index (χ4v) is 7.23. The van der Waals surface area contributed by atoms with Crippen LogP contribution in [0.2, 0.25) is 0 Å². The van der Waals surface area contributed by atoms with Crippen molar-refractivity contribution in [2.24, 2.45) is 5.16 Å². The first-order chi connectivity index (χ1) is 25.5. The molecule has 54 heavy (non-hydrogen) atoms. The number of carbonyl (C=O) groups excluding carboxylic acids is 5. The molecule has 20 heteroatoms. The average Bonchev–Trinajstić information content (AvgIpc) is 3.59. The fraction of sp³-hybridized carbons (Fsp3) is 0.382. The number of aromatic nitrogens is 1. The lowest BCUT2D eigenvalue weighted by atomic mass is 9.97. The van der Waals surface area contributed by atoms with Gasteiger partial charge in [-0.05, 0) is 31.9 Å². The molecule has 18 nitrogen and oxygen atoms in total. The Morgan fingerprint density at radius 3 is 2.24 bits per heavy atom. The summed E-state index contributed by atoms with van der Waals surface area (Å²) in [6, 6.07) is 14.7. The molecule has 3 heterocycles. The monoisotopic (exact) mass is 783 g/mol. The van der Waals surface area contributed by atoms with Crippen molar-refractivity contribution in [1.82, 2.24) is 24.8 Å². The van der Waals surface area contributed by atoms with Gasteiger partial charge in [0.2, 0.25) is 5.60 Å². The van der Waals surface area contributed by atoms with E-state index in [1.54, 1.807) is 20.8 Å². The second kappa shape index (κ2) is 15.0. The molecule has 3 fully saturated rings. The molecule has 3 aromatic rings. The molecule has 1 aromatic heterocycles. The lowest BCUT2D eigenvalue weighted by Crippen LogP contribution is -2.74. The van der Waals surface area contributed by atoms with Gasteiger partial charge >= 0.3 is 28.4 Å². The molecule has 6 rings (SSSR count). The number of hydrogen-bond acceptors (Lipinski definition) is 13. The lowest BCUT2D eigenvalue weighted by molar-refractivity contribution is -0.164. The number of esters is 1. The van der Waals surface area contributed by atoms with E-state index in [0.29, 0.717) is 11.1 Å². The van der Waals surface area contributed by atoms with Crippen molar-refractivity contribution in [3.63, 3.8) is 0 Å². The first-order valence-electron chi connectivity index (χ1n) is 16.7. The predicted octanol–water partition coefficient (Wildman–Crippen LogP) is 2.60. The highest BCUT2D eigenvalue weighted by atomic mass is 32.2. The third-order valence-electron chi connectivity index (χ3n) is 8.44. The van der Waals surface area contributed by atoms with Crippen LogP contribution in [-0.2, 0) is 39.0 Å². The molecule has 2 saturated heterocycles. The van der Waals surface area contributed by atoms with Crippen LogP contribution in [0.3, 0.4) is 0 Å². The number of ether oxygens (including phenoxy) is 2. The van der Waals surface area contributed by atoms with E-state index in [-0.39, 0.29) is 47.6 Å². The summed E-state index contributed by atoms with van der Waals surface area (Å²) in [5.74, 6) is -3.00. The van der Waals surface area contributed by atoms with Gasteiger partial charge in [-0.1, -0.05) is 65.8 Å². The van der Waals surface area contributed by atoms with Gasteiger partial charge in [0.05, 0.1) is 6.04 Å². The Labute approximate surface area is 313 Å². The van der Waals surface area contributed by atoms with Crippen LogP contribution < -0.4 is 16.0 Å². The van der Waals surface area contributed by atoms with Crippen molar-refractivity contribution < 1.29 is 51.3 Å². The van der Waals surface area contributed by atoms with Crippen LogP contribution in [0.5, 0.6) is 0 Å². The molecule has 286 valence electrons. The van der Waals surface area contributed by atoms with Crippen molar-refractivity contribution >= 4 is 62.4 Å². The van der Waals surface area contributed by atoms with Gasteiger partial charge in [0, 0.05) is 37.9 Å². The maximum atomic E-state index is 13.9. The Morgan fingerprint density at radius 2 is 1.70 bits per heavy atom. The Morgan fingerprint density at radius 1 is 1.07 bits per heavy atom. The number of hydrogen-bond donors (Lipinski definition) is 4. The van der Waals surface area contributed by atoms with Crippen LogP contribution >= 0.6 is 11.3 Å². The van der Waals surface area contributed by atoms with E-state index in [9.17, 15) is 36.9 Å². The summed E-state index contributed by atoms with van der Waals surface area (Å²) in [6.45, 7) is 5.11. The van der Waals surface area contributed by atoms with Crippen molar-refractivity contribution in [2.45, 2.75) is 63.0 Å². The molecule has 0 spiro atoms. The van der Waals surface area contributed by atoms with E-state index >= 15 is 0 Å². The van der Waals surface area contributed by atoms with Gasteiger partial charge in [0.1, 0.15) is 17.3 Å². The van der Waals surface area contributed by atoms with Gasteiger partial charge in [-0.25, -0.2) is 23.7 Å². The predicted molar refractivity (Wildman–Crippen MR) is 191 cm³/mol. The summed E-state index contributed by atoms with van der Waals surface area (Å²) in [5.41, 5.74) is -1.69. The van der Waals surface area contributed by atoms with Crippen LogP contribution in [0, 0.1) is 0 Å². The number of rotatable bonds is 13. The zero-order valence-corrected chi connectivity index (χ0v) is 30.9. The summed E-state index contributed by atoms with van der Waals surface area (Å²) >= 11 is 0.904. The topological polar surface area (TPSA) is 235 Å². The van der Waals surface area contributed by atoms with Gasteiger partial charge in [-0.3, -0.25) is 19.5 Å². The van der Waals surface area contributed by atoms with Crippen LogP contribution in [-0.4, -0.2) is 106 Å². The smallest absolute Gasteiger partial charge is 0.413 e. The maximum Gasteiger partial charge on any atom is 0.413 e. The van der Waals surface area contributed by atoms with E-state index < -0.39 is 75.3 Å². The minimum Gasteiger partial charge on any atom is -0.450 e. The summed E-state index contributed by atoms with van der Waals surface area (Å²) in [5, 5.41) is 12.8. The number of oxime groups is 1. The Kier molecular flexibility index (Phi) is 10.6. The number of benzene rings is 2. The zero-order chi connectivity index (χ0) is 38.8. The second-order valence-corrected chi connectivity index (χ2v) is 15.8. The van der Waals surface area contributed by atoms with E-state index in [1.165, 1.54) is 10.3 Å². The number of anilines is 1. The van der Waals surface area contributed by atoms with E-state index in [4.69, 9.17) is 14.3 Å². The fourth-order valence-electron chi connectivity index (χ4n) is 5.67. The van der Waals surface area contributed by atoms with Gasteiger partial charge in [-0.2, -0.15) is 8.42 Å². The largest absolute Gasteiger partial charge is 0.450 e. The summed E-state index contributed by atoms with van der Waals surface area (Å²) in [4.78, 5) is 76.5. The Balaban J connectivity index is 1.26. The summed E-state index contributed by atoms with van der Waals surface area (Å²) in [7, 11) is -5.06. The zero-order valence-electron chi connectivity index (χ0n) is 29.3. The van der Waals surface area contributed by atoms with Crippen LogP contribution in [0.15, 0.2) is 71.2 Å². The SMILES string of the molecule is CC(C)(C)OC(=O)Nc1nc(/C(=N/OC2(C(=O)OC(c3ccccc3)c3ccccc3)CC2)C(=O)N[C@@H]2C(=O)N(S(=O)(=O)O)[C@@H]2CN2CCNC2=O)cs1. The minimum absolute atomic E-state index is 0.00375. The quantitative estimate of drug-likeness (QED) is 0.0644.